The van der Waals surface area contributed by atoms with Gasteiger partial charge in [0.1, 0.15) is 0 Å². The van der Waals surface area contributed by atoms with Crippen molar-refractivity contribution in [3.63, 3.8) is 0 Å². The fraction of sp³-hybridized carbons (Fsp3) is 0.167. The summed E-state index contributed by atoms with van der Waals surface area (Å²) in [7, 11) is 0. The third-order valence-electron chi connectivity index (χ3n) is 0.510. The minimum Gasteiger partial charge on any atom is -0.282 e. The molecule has 0 spiro atoms. The van der Waals surface area contributed by atoms with Gasteiger partial charge in [-0.05, 0) is 6.08 Å². The molecule has 8 heavy (non-hydrogen) atoms. The number of thioether (sulfide) groups is 1. The molecule has 44 valence electrons. The first-order valence-electron chi connectivity index (χ1n) is 2.21. The van der Waals surface area contributed by atoms with Gasteiger partial charge in [-0.2, -0.15) is 0 Å². The number of hydrogen-bond acceptors (Lipinski definition) is 2. The van der Waals surface area contributed by atoms with Gasteiger partial charge in [0.05, 0.1) is 0 Å². The van der Waals surface area contributed by atoms with Crippen molar-refractivity contribution in [2.75, 3.05) is 5.75 Å². The molecule has 1 nitrogen and oxygen atoms in total. The Morgan fingerprint density at radius 3 is 2.62 bits per heavy atom. The lowest BCUT2D eigenvalue weighted by Crippen LogP contribution is -1.82. The fourth-order valence-electron chi connectivity index (χ4n) is 0.200. The Morgan fingerprint density at radius 1 is 1.62 bits per heavy atom. The van der Waals surface area contributed by atoms with Crippen LogP contribution < -0.4 is 0 Å². The van der Waals surface area contributed by atoms with Crippen molar-refractivity contribution in [3.05, 3.63) is 25.3 Å². The highest BCUT2D eigenvalue weighted by atomic mass is 32.2. The van der Waals surface area contributed by atoms with Gasteiger partial charge in [-0.15, -0.1) is 6.58 Å². The highest BCUT2D eigenvalue weighted by Crippen LogP contribution is 2.00. The number of carbonyl (C=O) groups is 1. The molecule has 0 aliphatic carbocycles. The molecule has 0 atom stereocenters. The van der Waals surface area contributed by atoms with Crippen LogP contribution in [0.1, 0.15) is 0 Å². The van der Waals surface area contributed by atoms with Crippen molar-refractivity contribution >= 4 is 16.9 Å². The fourth-order valence-corrected chi connectivity index (χ4v) is 0.600. The third kappa shape index (κ3) is 3.68. The molecule has 0 radical (unpaired) electrons. The van der Waals surface area contributed by atoms with Gasteiger partial charge in [-0.25, -0.2) is 0 Å². The van der Waals surface area contributed by atoms with E-state index in [-0.39, 0.29) is 5.12 Å². The van der Waals surface area contributed by atoms with E-state index in [2.05, 4.69) is 13.2 Å². The molecule has 0 aromatic carbocycles. The highest BCUT2D eigenvalue weighted by molar-refractivity contribution is 8.14. The number of rotatable bonds is 3. The summed E-state index contributed by atoms with van der Waals surface area (Å²) in [5.41, 5.74) is 0. The maximum Gasteiger partial charge on any atom is 0.211 e. The average molecular weight is 128 g/mol. The van der Waals surface area contributed by atoms with Crippen LogP contribution in [0, 0.1) is 0 Å². The quantitative estimate of drug-likeness (QED) is 0.424. The highest BCUT2D eigenvalue weighted by Gasteiger charge is 1.89. The molecule has 0 aliphatic rings. The van der Waals surface area contributed by atoms with Gasteiger partial charge in [0, 0.05) is 5.75 Å². The Labute approximate surface area is 53.5 Å². The predicted molar refractivity (Wildman–Crippen MR) is 37.9 cm³/mol. The first kappa shape index (κ1) is 7.50. The largest absolute Gasteiger partial charge is 0.282 e. The zero-order valence-electron chi connectivity index (χ0n) is 4.59. The van der Waals surface area contributed by atoms with E-state index in [1.807, 2.05) is 0 Å². The predicted octanol–water partition coefficient (Wildman–Crippen LogP) is 1.62. The summed E-state index contributed by atoms with van der Waals surface area (Å²) in [5, 5.41) is 0.00454. The molecule has 0 unspecified atom stereocenters. The van der Waals surface area contributed by atoms with E-state index in [1.54, 1.807) is 6.08 Å². The van der Waals surface area contributed by atoms with Crippen LogP contribution in [-0.4, -0.2) is 10.9 Å². The number of hydrogen-bond donors (Lipinski definition) is 0. The van der Waals surface area contributed by atoms with E-state index < -0.39 is 0 Å². The normalized spacial score (nSPS) is 8.00. The van der Waals surface area contributed by atoms with Crippen LogP contribution in [0.15, 0.2) is 25.3 Å². The lowest BCUT2D eigenvalue weighted by molar-refractivity contribution is -0.107. The van der Waals surface area contributed by atoms with Crippen molar-refractivity contribution in [1.82, 2.24) is 0 Å². The summed E-state index contributed by atoms with van der Waals surface area (Å²) in [6, 6.07) is 0. The summed E-state index contributed by atoms with van der Waals surface area (Å²) < 4.78 is 0. The molecule has 0 saturated carbocycles. The molecule has 0 heterocycles. The number of carbonyl (C=O) groups excluding carboxylic acids is 1. The zero-order chi connectivity index (χ0) is 6.41. The van der Waals surface area contributed by atoms with Gasteiger partial charge in [0.15, 0.2) is 0 Å². The van der Waals surface area contributed by atoms with Crippen LogP contribution in [-0.2, 0) is 4.79 Å². The monoisotopic (exact) mass is 128 g/mol. The van der Waals surface area contributed by atoms with Crippen molar-refractivity contribution in [2.24, 2.45) is 0 Å². The summed E-state index contributed by atoms with van der Waals surface area (Å²) >= 11 is 1.20. The lowest BCUT2D eigenvalue weighted by atomic mass is 10.7. The molecule has 0 bridgehead atoms. The SMILES string of the molecule is C=CCSC(=O)C=C. The summed E-state index contributed by atoms with van der Waals surface area (Å²) in [5.74, 6) is 0.671. The van der Waals surface area contributed by atoms with Gasteiger partial charge in [-0.1, -0.05) is 24.4 Å². The van der Waals surface area contributed by atoms with E-state index in [0.29, 0.717) is 5.75 Å². The summed E-state index contributed by atoms with van der Waals surface area (Å²) in [6.07, 6.45) is 2.99. The van der Waals surface area contributed by atoms with Crippen molar-refractivity contribution in [3.8, 4) is 0 Å². The topological polar surface area (TPSA) is 17.1 Å². The standard InChI is InChI=1S/C6H8OS/c1-3-5-8-6(7)4-2/h3-4H,1-2,5H2. The first-order valence-corrected chi connectivity index (χ1v) is 3.20. The average Bonchev–Trinajstić information content (AvgIpc) is 1.83. The molecule has 0 aliphatic heterocycles. The molecule has 2 heteroatoms. The van der Waals surface area contributed by atoms with Gasteiger partial charge >= 0.3 is 0 Å². The van der Waals surface area contributed by atoms with Crippen LogP contribution in [0.2, 0.25) is 0 Å². The van der Waals surface area contributed by atoms with Crippen LogP contribution in [0.4, 0.5) is 0 Å². The van der Waals surface area contributed by atoms with E-state index >= 15 is 0 Å². The summed E-state index contributed by atoms with van der Waals surface area (Å²) in [4.78, 5) is 10.4. The molecule has 0 fully saturated rings. The van der Waals surface area contributed by atoms with Crippen LogP contribution in [0.25, 0.3) is 0 Å². The third-order valence-corrected chi connectivity index (χ3v) is 1.36. The van der Waals surface area contributed by atoms with Crippen LogP contribution >= 0.6 is 11.8 Å². The molecule has 0 rings (SSSR count). The second kappa shape index (κ2) is 4.65. The zero-order valence-corrected chi connectivity index (χ0v) is 5.41. The second-order valence-corrected chi connectivity index (χ2v) is 2.15. The van der Waals surface area contributed by atoms with Gasteiger partial charge in [0.2, 0.25) is 5.12 Å². The summed E-state index contributed by atoms with van der Waals surface area (Å²) in [6.45, 7) is 6.77. The Bertz CT molecular complexity index is 107. The van der Waals surface area contributed by atoms with Gasteiger partial charge in [0.25, 0.3) is 0 Å². The van der Waals surface area contributed by atoms with Crippen LogP contribution in [0.3, 0.4) is 0 Å². The Kier molecular flexibility index (Phi) is 4.36. The first-order chi connectivity index (χ1) is 3.81. The molecular weight excluding hydrogens is 120 g/mol. The molecule has 0 aromatic rings. The smallest absolute Gasteiger partial charge is 0.211 e. The van der Waals surface area contributed by atoms with E-state index in [4.69, 9.17) is 0 Å². The Hall–Kier alpha value is -0.500. The lowest BCUT2D eigenvalue weighted by Gasteiger charge is -1.84. The van der Waals surface area contributed by atoms with Crippen molar-refractivity contribution < 1.29 is 4.79 Å². The van der Waals surface area contributed by atoms with E-state index in [9.17, 15) is 4.79 Å². The Morgan fingerprint density at radius 2 is 2.25 bits per heavy atom. The Balaban J connectivity index is 3.24. The van der Waals surface area contributed by atoms with E-state index in [1.165, 1.54) is 17.8 Å². The molecule has 0 N–H and O–H groups in total. The second-order valence-electron chi connectivity index (χ2n) is 1.12. The maximum atomic E-state index is 10.4. The molecule has 0 amide bonds. The molecule has 0 aromatic heterocycles. The van der Waals surface area contributed by atoms with Crippen molar-refractivity contribution in [2.45, 2.75) is 0 Å². The minimum absolute atomic E-state index is 0.00454. The van der Waals surface area contributed by atoms with E-state index in [0.717, 1.165) is 0 Å². The van der Waals surface area contributed by atoms with Gasteiger partial charge < -0.3 is 0 Å². The van der Waals surface area contributed by atoms with Crippen LogP contribution in [0.5, 0.6) is 0 Å². The minimum atomic E-state index is 0.00454. The maximum absolute atomic E-state index is 10.4. The molecular formula is C6H8OS. The van der Waals surface area contributed by atoms with Crippen molar-refractivity contribution in [1.29, 1.82) is 0 Å². The molecule has 0 saturated heterocycles. The van der Waals surface area contributed by atoms with Gasteiger partial charge in [-0.3, -0.25) is 4.79 Å².